The third-order valence-corrected chi connectivity index (χ3v) is 4.95. The molecule has 1 aliphatic rings. The summed E-state index contributed by atoms with van der Waals surface area (Å²) in [4.78, 5) is 4.16. The van der Waals surface area contributed by atoms with E-state index >= 15 is 0 Å². The molecule has 2 nitrogen and oxygen atoms in total. The highest BCUT2D eigenvalue weighted by Crippen LogP contribution is 2.24. The lowest BCUT2D eigenvalue weighted by Crippen LogP contribution is -2.50. The van der Waals surface area contributed by atoms with E-state index in [1.165, 1.54) is 32.5 Å². The van der Waals surface area contributed by atoms with Crippen LogP contribution in [0.5, 0.6) is 0 Å². The van der Waals surface area contributed by atoms with Crippen molar-refractivity contribution in [3.8, 4) is 0 Å². The zero-order valence-electron chi connectivity index (χ0n) is 13.5. The minimum Gasteiger partial charge on any atom is -0.312 e. The van der Waals surface area contributed by atoms with Gasteiger partial charge in [-0.3, -0.25) is 0 Å². The molecule has 1 aliphatic heterocycles. The topological polar surface area (TPSA) is 15.3 Å². The van der Waals surface area contributed by atoms with E-state index in [1.54, 1.807) is 4.88 Å². The number of thiophene rings is 1. The van der Waals surface area contributed by atoms with Gasteiger partial charge >= 0.3 is 0 Å². The van der Waals surface area contributed by atoms with Crippen LogP contribution in [-0.4, -0.2) is 37.1 Å². The van der Waals surface area contributed by atoms with Gasteiger partial charge < -0.3 is 10.2 Å². The van der Waals surface area contributed by atoms with Crippen LogP contribution in [0, 0.1) is 11.3 Å². The van der Waals surface area contributed by atoms with Crippen molar-refractivity contribution < 1.29 is 0 Å². The standard InChI is InChI=1S/C17H30N2S/c1-5-19-11-14(10-16-7-6-8-20-16)9-15(12-19)18-13-17(2,3)4/h6-8,14-15,18H,5,9-13H2,1-4H3. The number of rotatable bonds is 5. The predicted octanol–water partition coefficient (Wildman–Crippen LogP) is 3.64. The Hall–Kier alpha value is -0.380. The van der Waals surface area contributed by atoms with Gasteiger partial charge in [0.2, 0.25) is 0 Å². The number of nitrogens with one attached hydrogen (secondary N) is 1. The van der Waals surface area contributed by atoms with Gasteiger partial charge in [-0.15, -0.1) is 11.3 Å². The van der Waals surface area contributed by atoms with Crippen molar-refractivity contribution in [1.82, 2.24) is 10.2 Å². The van der Waals surface area contributed by atoms with Crippen LogP contribution in [0.3, 0.4) is 0 Å². The molecule has 0 amide bonds. The number of likely N-dealkylation sites (tertiary alicyclic amines) is 1. The van der Waals surface area contributed by atoms with Crippen LogP contribution < -0.4 is 5.32 Å². The summed E-state index contributed by atoms with van der Waals surface area (Å²) in [5.74, 6) is 0.805. The number of hydrogen-bond donors (Lipinski definition) is 1. The summed E-state index contributed by atoms with van der Waals surface area (Å²) in [5.41, 5.74) is 0.373. The first-order chi connectivity index (χ1) is 9.46. The molecule has 2 rings (SSSR count). The van der Waals surface area contributed by atoms with Gasteiger partial charge in [-0.05, 0) is 42.2 Å². The first-order valence-electron chi connectivity index (χ1n) is 7.94. The average Bonchev–Trinajstić information content (AvgIpc) is 2.88. The van der Waals surface area contributed by atoms with Crippen molar-refractivity contribution >= 4 is 11.3 Å². The lowest BCUT2D eigenvalue weighted by atomic mass is 9.89. The second-order valence-corrected chi connectivity index (χ2v) is 8.41. The molecule has 1 fully saturated rings. The number of likely N-dealkylation sites (N-methyl/N-ethyl adjacent to an activating group) is 1. The van der Waals surface area contributed by atoms with Crippen LogP contribution in [0.2, 0.25) is 0 Å². The molecule has 0 radical (unpaired) electrons. The molecular formula is C17H30N2S. The summed E-state index contributed by atoms with van der Waals surface area (Å²) in [6.07, 6.45) is 2.58. The Balaban J connectivity index is 1.89. The van der Waals surface area contributed by atoms with E-state index in [9.17, 15) is 0 Å². The summed E-state index contributed by atoms with van der Waals surface area (Å²) in [7, 11) is 0. The molecule has 20 heavy (non-hydrogen) atoms. The summed E-state index contributed by atoms with van der Waals surface area (Å²) in [6, 6.07) is 5.12. The highest BCUT2D eigenvalue weighted by atomic mass is 32.1. The number of nitrogens with zero attached hydrogens (tertiary/aromatic N) is 1. The molecule has 0 bridgehead atoms. The van der Waals surface area contributed by atoms with Crippen LogP contribution in [0.4, 0.5) is 0 Å². The highest BCUT2D eigenvalue weighted by molar-refractivity contribution is 7.09. The summed E-state index contributed by atoms with van der Waals surface area (Å²) in [6.45, 7) is 14.0. The van der Waals surface area contributed by atoms with Gasteiger partial charge in [0.05, 0.1) is 0 Å². The number of piperidine rings is 1. The maximum absolute atomic E-state index is 3.80. The SMILES string of the molecule is CCN1CC(Cc2cccs2)CC(NCC(C)(C)C)C1. The molecule has 1 aromatic heterocycles. The minimum absolute atomic E-state index is 0.373. The van der Waals surface area contributed by atoms with Crippen LogP contribution >= 0.6 is 11.3 Å². The van der Waals surface area contributed by atoms with E-state index in [1.807, 2.05) is 11.3 Å². The van der Waals surface area contributed by atoms with Gasteiger partial charge in [-0.2, -0.15) is 0 Å². The Labute approximate surface area is 128 Å². The van der Waals surface area contributed by atoms with E-state index in [0.29, 0.717) is 11.5 Å². The molecule has 2 heterocycles. The summed E-state index contributed by atoms with van der Waals surface area (Å²) >= 11 is 1.91. The Morgan fingerprint density at radius 1 is 1.35 bits per heavy atom. The molecular weight excluding hydrogens is 264 g/mol. The molecule has 2 atom stereocenters. The van der Waals surface area contributed by atoms with Crippen LogP contribution in [0.25, 0.3) is 0 Å². The van der Waals surface area contributed by atoms with Gasteiger partial charge in [0.15, 0.2) is 0 Å². The Morgan fingerprint density at radius 3 is 2.75 bits per heavy atom. The third kappa shape index (κ3) is 5.19. The van der Waals surface area contributed by atoms with Gasteiger partial charge in [-0.25, -0.2) is 0 Å². The van der Waals surface area contributed by atoms with Gasteiger partial charge in [0.1, 0.15) is 0 Å². The van der Waals surface area contributed by atoms with Crippen LogP contribution in [0.15, 0.2) is 17.5 Å². The summed E-state index contributed by atoms with van der Waals surface area (Å²) < 4.78 is 0. The molecule has 1 N–H and O–H groups in total. The average molecular weight is 295 g/mol. The lowest BCUT2D eigenvalue weighted by Gasteiger charge is -2.38. The molecule has 1 saturated heterocycles. The van der Waals surface area contributed by atoms with E-state index in [2.05, 4.69) is 55.4 Å². The predicted molar refractivity (Wildman–Crippen MR) is 89.5 cm³/mol. The van der Waals surface area contributed by atoms with Crippen molar-refractivity contribution in [1.29, 1.82) is 0 Å². The molecule has 1 aromatic rings. The largest absolute Gasteiger partial charge is 0.312 e. The van der Waals surface area contributed by atoms with Gasteiger partial charge in [0, 0.05) is 30.6 Å². The molecule has 0 aromatic carbocycles. The fourth-order valence-corrected chi connectivity index (χ4v) is 3.84. The van der Waals surface area contributed by atoms with E-state index in [4.69, 9.17) is 0 Å². The smallest absolute Gasteiger partial charge is 0.0198 e. The van der Waals surface area contributed by atoms with E-state index in [-0.39, 0.29) is 0 Å². The lowest BCUT2D eigenvalue weighted by molar-refractivity contribution is 0.141. The van der Waals surface area contributed by atoms with Crippen molar-refractivity contribution in [3.05, 3.63) is 22.4 Å². The second-order valence-electron chi connectivity index (χ2n) is 7.38. The molecule has 0 aliphatic carbocycles. The quantitative estimate of drug-likeness (QED) is 0.892. The molecule has 114 valence electrons. The first kappa shape index (κ1) is 16.0. The fraction of sp³-hybridized carbons (Fsp3) is 0.765. The van der Waals surface area contributed by atoms with Crippen molar-refractivity contribution in [2.24, 2.45) is 11.3 Å². The first-order valence-corrected chi connectivity index (χ1v) is 8.82. The van der Waals surface area contributed by atoms with Crippen LogP contribution in [0.1, 0.15) is 39.0 Å². The fourth-order valence-electron chi connectivity index (χ4n) is 3.02. The van der Waals surface area contributed by atoms with Gasteiger partial charge in [-0.1, -0.05) is 33.8 Å². The zero-order chi connectivity index (χ0) is 14.6. The van der Waals surface area contributed by atoms with Crippen molar-refractivity contribution in [3.63, 3.8) is 0 Å². The minimum atomic E-state index is 0.373. The molecule has 0 saturated carbocycles. The summed E-state index contributed by atoms with van der Waals surface area (Å²) in [5, 5.41) is 6.00. The maximum Gasteiger partial charge on any atom is 0.0198 e. The maximum atomic E-state index is 3.80. The Kier molecular flexibility index (Phi) is 5.65. The van der Waals surface area contributed by atoms with E-state index in [0.717, 1.165) is 12.5 Å². The molecule has 3 heteroatoms. The van der Waals surface area contributed by atoms with E-state index < -0.39 is 0 Å². The highest BCUT2D eigenvalue weighted by Gasteiger charge is 2.27. The Morgan fingerprint density at radius 2 is 2.15 bits per heavy atom. The zero-order valence-corrected chi connectivity index (χ0v) is 14.3. The molecule has 2 unspecified atom stereocenters. The second kappa shape index (κ2) is 7.06. The van der Waals surface area contributed by atoms with Crippen molar-refractivity contribution in [2.75, 3.05) is 26.2 Å². The Bertz CT molecular complexity index is 380. The van der Waals surface area contributed by atoms with Crippen molar-refractivity contribution in [2.45, 2.75) is 46.6 Å². The van der Waals surface area contributed by atoms with Crippen LogP contribution in [-0.2, 0) is 6.42 Å². The van der Waals surface area contributed by atoms with Gasteiger partial charge in [0.25, 0.3) is 0 Å². The molecule has 0 spiro atoms. The third-order valence-electron chi connectivity index (χ3n) is 4.05. The number of hydrogen-bond acceptors (Lipinski definition) is 3. The monoisotopic (exact) mass is 294 g/mol. The normalized spacial score (nSPS) is 25.0.